The minimum Gasteiger partial charge on any atom is -0.453 e. The number of nitrogens with zero attached hydrogens (tertiary/aromatic N) is 3. The van der Waals surface area contributed by atoms with Gasteiger partial charge in [-0.3, -0.25) is 20.2 Å². The highest BCUT2D eigenvalue weighted by Gasteiger charge is 2.38. The number of amides is 1. The lowest BCUT2D eigenvalue weighted by Crippen LogP contribution is -2.42. The van der Waals surface area contributed by atoms with Crippen molar-refractivity contribution in [3.63, 3.8) is 0 Å². The molecule has 0 saturated carbocycles. The van der Waals surface area contributed by atoms with Crippen molar-refractivity contribution in [2.75, 3.05) is 25.5 Å². The Morgan fingerprint density at radius 1 is 1.19 bits per heavy atom. The summed E-state index contributed by atoms with van der Waals surface area (Å²) in [6.45, 7) is 0.457. The lowest BCUT2D eigenvalue weighted by Gasteiger charge is -2.31. The van der Waals surface area contributed by atoms with E-state index in [0.717, 1.165) is 0 Å². The molecule has 0 atom stereocenters. The smallest absolute Gasteiger partial charge is 0.416 e. The molecule has 1 saturated heterocycles. The zero-order valence-electron chi connectivity index (χ0n) is 14.0. The van der Waals surface area contributed by atoms with Gasteiger partial charge < -0.3 is 15.0 Å². The molecule has 0 aromatic heterocycles. The Morgan fingerprint density at radius 2 is 1.67 bits per heavy atom. The molecule has 0 radical (unpaired) electrons. The minimum atomic E-state index is -4.97. The second-order valence-electron chi connectivity index (χ2n) is 5.78. The number of nitro groups is 2. The average Bonchev–Trinajstić information content (AvgIpc) is 2.60. The van der Waals surface area contributed by atoms with Gasteiger partial charge in [0.15, 0.2) is 5.69 Å². The first kappa shape index (κ1) is 20.2. The number of rotatable bonds is 4. The molecular weight excluding hydrogens is 377 g/mol. The van der Waals surface area contributed by atoms with Gasteiger partial charge in [-0.1, -0.05) is 0 Å². The summed E-state index contributed by atoms with van der Waals surface area (Å²) >= 11 is 0. The van der Waals surface area contributed by atoms with Crippen LogP contribution in [0.1, 0.15) is 18.4 Å². The van der Waals surface area contributed by atoms with E-state index in [9.17, 15) is 38.2 Å². The van der Waals surface area contributed by atoms with E-state index in [-0.39, 0.29) is 38.1 Å². The van der Waals surface area contributed by atoms with Crippen molar-refractivity contribution in [3.05, 3.63) is 37.9 Å². The highest BCUT2D eigenvalue weighted by atomic mass is 19.4. The van der Waals surface area contributed by atoms with Gasteiger partial charge >= 0.3 is 12.3 Å². The van der Waals surface area contributed by atoms with Crippen LogP contribution in [0.5, 0.6) is 0 Å². The summed E-state index contributed by atoms with van der Waals surface area (Å²) in [5, 5.41) is 25.0. The predicted octanol–water partition coefficient (Wildman–Crippen LogP) is 3.16. The van der Waals surface area contributed by atoms with E-state index in [0.29, 0.717) is 0 Å². The first-order valence-electron chi connectivity index (χ1n) is 7.68. The number of benzene rings is 1. The van der Waals surface area contributed by atoms with Crippen molar-refractivity contribution in [3.8, 4) is 0 Å². The number of methoxy groups -OCH3 is 1. The van der Waals surface area contributed by atoms with Crippen LogP contribution in [0.2, 0.25) is 0 Å². The van der Waals surface area contributed by atoms with Crippen LogP contribution in [0.25, 0.3) is 0 Å². The second-order valence-corrected chi connectivity index (χ2v) is 5.78. The number of piperidine rings is 1. The van der Waals surface area contributed by atoms with E-state index in [2.05, 4.69) is 10.1 Å². The summed E-state index contributed by atoms with van der Waals surface area (Å²) in [6, 6.07) is 0.0257. The zero-order valence-corrected chi connectivity index (χ0v) is 14.0. The van der Waals surface area contributed by atoms with Crippen LogP contribution in [0, 0.1) is 20.2 Å². The summed E-state index contributed by atoms with van der Waals surface area (Å²) in [4.78, 5) is 33.0. The molecule has 1 amide bonds. The summed E-state index contributed by atoms with van der Waals surface area (Å²) in [5.41, 5.74) is -4.14. The van der Waals surface area contributed by atoms with E-state index >= 15 is 0 Å². The van der Waals surface area contributed by atoms with E-state index in [1.165, 1.54) is 12.0 Å². The Hall–Kier alpha value is -3.12. The molecule has 0 bridgehead atoms. The van der Waals surface area contributed by atoms with Crippen molar-refractivity contribution < 1.29 is 32.5 Å². The SMILES string of the molecule is COC(=O)N1CCC(Nc2c([N+](=O)[O-])cc(C(F)(F)F)cc2[N+](=O)[O-])CC1. The standard InChI is InChI=1S/C14H15F3N4O6/c1-27-13(22)19-4-2-9(3-5-19)18-12-10(20(23)24)6-8(14(15,16)17)7-11(12)21(25)26/h6-7,9,18H,2-5H2,1H3. The zero-order chi connectivity index (χ0) is 20.4. The van der Waals surface area contributed by atoms with Gasteiger partial charge in [-0.15, -0.1) is 0 Å². The molecule has 0 aliphatic carbocycles. The maximum atomic E-state index is 12.9. The van der Waals surface area contributed by atoms with E-state index in [1.807, 2.05) is 0 Å². The van der Waals surface area contributed by atoms with Gasteiger partial charge in [0.05, 0.1) is 22.5 Å². The fourth-order valence-electron chi connectivity index (χ4n) is 2.75. The molecule has 2 rings (SSSR count). The first-order valence-corrected chi connectivity index (χ1v) is 7.68. The number of carbonyl (C=O) groups is 1. The summed E-state index contributed by atoms with van der Waals surface area (Å²) in [6.07, 6.45) is -4.96. The molecule has 1 aromatic rings. The van der Waals surface area contributed by atoms with Crippen LogP contribution in [-0.4, -0.2) is 47.1 Å². The third kappa shape index (κ3) is 4.54. The van der Waals surface area contributed by atoms with Gasteiger partial charge in [0.1, 0.15) is 0 Å². The number of anilines is 1. The molecule has 1 aliphatic heterocycles. The molecule has 10 nitrogen and oxygen atoms in total. The fourth-order valence-corrected chi connectivity index (χ4v) is 2.75. The third-order valence-corrected chi connectivity index (χ3v) is 4.09. The molecule has 13 heteroatoms. The minimum absolute atomic E-state index is 0.229. The van der Waals surface area contributed by atoms with Gasteiger partial charge in [0.2, 0.25) is 0 Å². The number of halogens is 3. The number of likely N-dealkylation sites (tertiary alicyclic amines) is 1. The molecule has 1 fully saturated rings. The predicted molar refractivity (Wildman–Crippen MR) is 85.4 cm³/mol. The first-order chi connectivity index (χ1) is 12.5. The Bertz CT molecular complexity index is 727. The number of alkyl halides is 3. The molecular formula is C14H15F3N4O6. The molecule has 1 heterocycles. The van der Waals surface area contributed by atoms with Gasteiger partial charge in [-0.25, -0.2) is 4.79 Å². The molecule has 1 N–H and O–H groups in total. The molecule has 1 aliphatic rings. The Balaban J connectivity index is 2.34. The molecule has 27 heavy (non-hydrogen) atoms. The maximum Gasteiger partial charge on any atom is 0.416 e. The molecule has 148 valence electrons. The summed E-state index contributed by atoms with van der Waals surface area (Å²) in [7, 11) is 1.21. The lowest BCUT2D eigenvalue weighted by molar-refractivity contribution is -0.392. The Labute approximate surface area is 150 Å². The number of nitrogens with one attached hydrogen (secondary N) is 1. The van der Waals surface area contributed by atoms with Crippen LogP contribution in [0.15, 0.2) is 12.1 Å². The Kier molecular flexibility index (Phi) is 5.71. The van der Waals surface area contributed by atoms with E-state index in [1.54, 1.807) is 0 Å². The number of nitro benzene ring substituents is 2. The maximum absolute atomic E-state index is 12.9. The largest absolute Gasteiger partial charge is 0.453 e. The van der Waals surface area contributed by atoms with Gasteiger partial charge in [-0.2, -0.15) is 13.2 Å². The fraction of sp³-hybridized carbons (Fsp3) is 0.500. The quantitative estimate of drug-likeness (QED) is 0.616. The number of ether oxygens (including phenoxy) is 1. The number of hydrogen-bond donors (Lipinski definition) is 1. The van der Waals surface area contributed by atoms with Gasteiger partial charge in [0.25, 0.3) is 11.4 Å². The summed E-state index contributed by atoms with van der Waals surface area (Å²) in [5.74, 6) is 0. The van der Waals surface area contributed by atoms with Gasteiger partial charge in [-0.05, 0) is 12.8 Å². The monoisotopic (exact) mass is 392 g/mol. The van der Waals surface area contributed by atoms with Crippen LogP contribution < -0.4 is 5.32 Å². The highest BCUT2D eigenvalue weighted by Crippen LogP contribution is 2.41. The number of carbonyl (C=O) groups excluding carboxylic acids is 1. The topological polar surface area (TPSA) is 128 Å². The number of hydrogen-bond acceptors (Lipinski definition) is 7. The molecule has 0 spiro atoms. The molecule has 0 unspecified atom stereocenters. The molecule has 1 aromatic carbocycles. The third-order valence-electron chi connectivity index (χ3n) is 4.09. The summed E-state index contributed by atoms with van der Waals surface area (Å²) < 4.78 is 43.3. The van der Waals surface area contributed by atoms with Crippen LogP contribution in [0.4, 0.5) is 35.0 Å². The second kappa shape index (κ2) is 7.63. The van der Waals surface area contributed by atoms with Gasteiger partial charge in [0, 0.05) is 31.3 Å². The highest BCUT2D eigenvalue weighted by molar-refractivity contribution is 5.75. The van der Waals surface area contributed by atoms with Crippen molar-refractivity contribution in [2.45, 2.75) is 25.1 Å². The van der Waals surface area contributed by atoms with Crippen molar-refractivity contribution >= 4 is 23.2 Å². The van der Waals surface area contributed by atoms with Crippen LogP contribution in [-0.2, 0) is 10.9 Å². The van der Waals surface area contributed by atoms with Crippen molar-refractivity contribution in [1.29, 1.82) is 0 Å². The van der Waals surface area contributed by atoms with Crippen LogP contribution >= 0.6 is 0 Å². The lowest BCUT2D eigenvalue weighted by atomic mass is 10.0. The van der Waals surface area contributed by atoms with Crippen molar-refractivity contribution in [1.82, 2.24) is 4.90 Å². The van der Waals surface area contributed by atoms with Crippen LogP contribution in [0.3, 0.4) is 0 Å². The normalized spacial score (nSPS) is 15.3. The Morgan fingerprint density at radius 3 is 2.04 bits per heavy atom. The average molecular weight is 392 g/mol. The van der Waals surface area contributed by atoms with E-state index < -0.39 is 50.8 Å². The van der Waals surface area contributed by atoms with Crippen molar-refractivity contribution in [2.24, 2.45) is 0 Å². The van der Waals surface area contributed by atoms with E-state index in [4.69, 9.17) is 0 Å².